The van der Waals surface area contributed by atoms with E-state index in [-0.39, 0.29) is 23.6 Å². The van der Waals surface area contributed by atoms with Gasteiger partial charge in [0, 0.05) is 38.3 Å². The molecule has 2 saturated heterocycles. The van der Waals surface area contributed by atoms with E-state index in [1.807, 2.05) is 29.2 Å². The number of nitrogens with zero attached hydrogens (tertiary/aromatic N) is 2. The third-order valence-corrected chi connectivity index (χ3v) is 10.2. The van der Waals surface area contributed by atoms with Gasteiger partial charge in [0.05, 0.1) is 12.7 Å². The molecule has 0 aromatic heterocycles. The van der Waals surface area contributed by atoms with Crippen molar-refractivity contribution >= 4 is 17.7 Å². The van der Waals surface area contributed by atoms with Crippen LogP contribution in [-0.2, 0) is 9.59 Å². The van der Waals surface area contributed by atoms with Crippen LogP contribution in [0.1, 0.15) is 87.9 Å². The lowest BCUT2D eigenvalue weighted by atomic mass is 9.78. The highest BCUT2D eigenvalue weighted by Crippen LogP contribution is 2.36. The molecule has 1 saturated carbocycles. The number of nitrogens with one attached hydrogen (secondary N) is 2. The minimum Gasteiger partial charge on any atom is -0.493 e. The lowest BCUT2D eigenvalue weighted by Gasteiger charge is -2.52. The van der Waals surface area contributed by atoms with Gasteiger partial charge in [-0.1, -0.05) is 38.7 Å². The molecule has 10 nitrogen and oxygen atoms in total. The number of rotatable bonds is 14. The fourth-order valence-electron chi connectivity index (χ4n) is 7.31. The van der Waals surface area contributed by atoms with Gasteiger partial charge < -0.3 is 35.0 Å². The van der Waals surface area contributed by atoms with Gasteiger partial charge in [-0.25, -0.2) is 0 Å². The van der Waals surface area contributed by atoms with Crippen molar-refractivity contribution in [2.45, 2.75) is 95.2 Å². The van der Waals surface area contributed by atoms with Crippen LogP contribution in [0.4, 0.5) is 0 Å². The molecule has 2 aromatic rings. The van der Waals surface area contributed by atoms with Crippen LogP contribution in [0.2, 0.25) is 0 Å². The maximum Gasteiger partial charge on any atom is 0.251 e. The zero-order chi connectivity index (χ0) is 33.2. The van der Waals surface area contributed by atoms with Gasteiger partial charge in [-0.05, 0) is 93.8 Å². The van der Waals surface area contributed by atoms with Crippen molar-refractivity contribution in [1.29, 1.82) is 0 Å². The van der Waals surface area contributed by atoms with Crippen molar-refractivity contribution in [3.63, 3.8) is 0 Å². The van der Waals surface area contributed by atoms with E-state index in [9.17, 15) is 19.5 Å². The summed E-state index contributed by atoms with van der Waals surface area (Å²) in [4.78, 5) is 43.6. The number of aliphatic hydroxyl groups excluding tert-OH is 1. The van der Waals surface area contributed by atoms with Gasteiger partial charge >= 0.3 is 0 Å². The number of benzene rings is 2. The van der Waals surface area contributed by atoms with Gasteiger partial charge in [0.25, 0.3) is 5.91 Å². The largest absolute Gasteiger partial charge is 0.493 e. The van der Waals surface area contributed by atoms with Gasteiger partial charge in [0.2, 0.25) is 11.8 Å². The number of hydrogen-bond donors (Lipinski definition) is 3. The van der Waals surface area contributed by atoms with E-state index in [4.69, 9.17) is 9.47 Å². The third-order valence-electron chi connectivity index (χ3n) is 10.2. The minimum atomic E-state index is -0.833. The van der Waals surface area contributed by atoms with Crippen LogP contribution in [0.25, 0.3) is 0 Å². The molecule has 47 heavy (non-hydrogen) atoms. The molecule has 3 aliphatic rings. The van der Waals surface area contributed by atoms with Gasteiger partial charge in [-0.15, -0.1) is 0 Å². The number of piperazine rings is 1. The zero-order valence-electron chi connectivity index (χ0n) is 28.0. The number of aliphatic hydroxyl groups is 1. The number of amides is 3. The van der Waals surface area contributed by atoms with Crippen molar-refractivity contribution in [1.82, 2.24) is 20.4 Å². The summed E-state index contributed by atoms with van der Waals surface area (Å²) in [7, 11) is 1.60. The number of ether oxygens (including phenoxy) is 2. The van der Waals surface area contributed by atoms with Crippen molar-refractivity contribution in [3.8, 4) is 17.2 Å². The summed E-state index contributed by atoms with van der Waals surface area (Å²) in [5.41, 5.74) is -0.253. The van der Waals surface area contributed by atoms with Gasteiger partial charge in [-0.2, -0.15) is 0 Å². The molecule has 2 heterocycles. The van der Waals surface area contributed by atoms with Crippen LogP contribution in [0.3, 0.4) is 0 Å². The molecule has 2 aliphatic heterocycles. The van der Waals surface area contributed by atoms with E-state index in [1.54, 1.807) is 31.3 Å². The van der Waals surface area contributed by atoms with E-state index < -0.39 is 17.7 Å². The van der Waals surface area contributed by atoms with E-state index in [2.05, 4.69) is 22.5 Å². The van der Waals surface area contributed by atoms with Crippen LogP contribution in [0, 0.1) is 5.92 Å². The monoisotopic (exact) mass is 648 g/mol. The van der Waals surface area contributed by atoms with Crippen LogP contribution in [0.15, 0.2) is 48.5 Å². The van der Waals surface area contributed by atoms with Crippen molar-refractivity contribution in [2.24, 2.45) is 5.92 Å². The number of carbonyl (C=O) groups is 3. The normalized spacial score (nSPS) is 20.9. The quantitative estimate of drug-likeness (QED) is 0.249. The number of unbranched alkanes of at least 4 members (excludes halogenated alkanes) is 2. The highest BCUT2D eigenvalue weighted by Gasteiger charge is 2.55. The van der Waals surface area contributed by atoms with Crippen LogP contribution >= 0.6 is 0 Å². The lowest BCUT2D eigenvalue weighted by molar-refractivity contribution is -0.165. The first-order valence-electron chi connectivity index (χ1n) is 17.6. The van der Waals surface area contributed by atoms with Crippen molar-refractivity contribution in [3.05, 3.63) is 54.1 Å². The standard InChI is InChI=1S/C37H52N4O6/c1-3-4-22-41-35(44)32(33(42)27-11-6-5-7-12-27)39-36(45)37(41)19-23-40(24-20-37)21-8-9-25-46-30-13-10-14-31(26-30)47-29-17-15-28(16-18-29)34(43)38-2/h10,13-18,26-27,32-33,42H,3-9,11-12,19-25H2,1-2H3,(H,38,43)(H,39,45)/t32-,33-/m1/s1. The van der Waals surface area contributed by atoms with Crippen LogP contribution in [0.5, 0.6) is 17.2 Å². The summed E-state index contributed by atoms with van der Waals surface area (Å²) in [5, 5.41) is 16.8. The van der Waals surface area contributed by atoms with Crippen LogP contribution in [-0.4, -0.2) is 90.1 Å². The fraction of sp³-hybridized carbons (Fsp3) is 0.595. The first-order valence-corrected chi connectivity index (χ1v) is 17.6. The average molecular weight is 649 g/mol. The van der Waals surface area contributed by atoms with Crippen molar-refractivity contribution < 1.29 is 29.0 Å². The maximum atomic E-state index is 13.8. The molecule has 1 spiro atoms. The Hall–Kier alpha value is -3.63. The number of hydrogen-bond acceptors (Lipinski definition) is 7. The third kappa shape index (κ3) is 8.46. The highest BCUT2D eigenvalue weighted by molar-refractivity contribution is 6.00. The summed E-state index contributed by atoms with van der Waals surface area (Å²) >= 11 is 0. The topological polar surface area (TPSA) is 120 Å². The Labute approximate surface area is 279 Å². The summed E-state index contributed by atoms with van der Waals surface area (Å²) in [5.74, 6) is 1.77. The molecule has 2 aromatic carbocycles. The second kappa shape index (κ2) is 16.5. The minimum absolute atomic E-state index is 0.0727. The molecule has 3 fully saturated rings. The number of likely N-dealkylation sites (tertiary alicyclic amines) is 1. The van der Waals surface area contributed by atoms with Gasteiger partial charge in [-0.3, -0.25) is 14.4 Å². The molecule has 5 rings (SSSR count). The number of piperidine rings is 1. The smallest absolute Gasteiger partial charge is 0.251 e. The van der Waals surface area contributed by atoms with E-state index in [0.717, 1.165) is 76.8 Å². The summed E-state index contributed by atoms with van der Waals surface area (Å²) in [6.45, 7) is 5.65. The fourth-order valence-corrected chi connectivity index (χ4v) is 7.31. The highest BCUT2D eigenvalue weighted by atomic mass is 16.5. The Kier molecular flexibility index (Phi) is 12.2. The molecule has 3 amide bonds. The molecule has 2 atom stereocenters. The summed E-state index contributed by atoms with van der Waals surface area (Å²) < 4.78 is 12.0. The lowest BCUT2D eigenvalue weighted by Crippen LogP contribution is -2.75. The predicted molar refractivity (Wildman–Crippen MR) is 181 cm³/mol. The molecule has 3 N–H and O–H groups in total. The Balaban J connectivity index is 1.07. The molecule has 0 radical (unpaired) electrons. The maximum absolute atomic E-state index is 13.8. The average Bonchev–Trinajstić information content (AvgIpc) is 3.10. The molecular weight excluding hydrogens is 596 g/mol. The summed E-state index contributed by atoms with van der Waals surface area (Å²) in [6, 6.07) is 13.7. The second-order valence-electron chi connectivity index (χ2n) is 13.3. The number of carbonyl (C=O) groups excluding carboxylic acids is 3. The van der Waals surface area contributed by atoms with E-state index in [0.29, 0.717) is 43.1 Å². The Morgan fingerprint density at radius 3 is 2.40 bits per heavy atom. The summed E-state index contributed by atoms with van der Waals surface area (Å²) in [6.07, 6.45) is 9.18. The Bertz CT molecular complexity index is 1340. The second-order valence-corrected chi connectivity index (χ2v) is 13.3. The zero-order valence-corrected chi connectivity index (χ0v) is 28.0. The Morgan fingerprint density at radius 2 is 1.70 bits per heavy atom. The van der Waals surface area contributed by atoms with Gasteiger partial charge in [0.1, 0.15) is 28.8 Å². The van der Waals surface area contributed by atoms with Crippen LogP contribution < -0.4 is 20.1 Å². The molecule has 256 valence electrons. The molecule has 0 unspecified atom stereocenters. The Morgan fingerprint density at radius 1 is 0.979 bits per heavy atom. The first kappa shape index (κ1) is 34.7. The molecular formula is C37H52N4O6. The van der Waals surface area contributed by atoms with Gasteiger partial charge in [0.15, 0.2) is 0 Å². The molecule has 1 aliphatic carbocycles. The predicted octanol–water partition coefficient (Wildman–Crippen LogP) is 4.90. The molecule has 0 bridgehead atoms. The van der Waals surface area contributed by atoms with Crippen molar-refractivity contribution in [2.75, 3.05) is 39.8 Å². The molecule has 10 heteroatoms. The SMILES string of the molecule is CCCCN1C(=O)[C@@H]([C@H](O)C2CCCCC2)NC(=O)C12CCN(CCCCOc1cccc(Oc3ccc(C(=O)NC)cc3)c1)CC2. The van der Waals surface area contributed by atoms with E-state index >= 15 is 0 Å². The first-order chi connectivity index (χ1) is 22.8. The van der Waals surface area contributed by atoms with E-state index in [1.165, 1.54) is 6.42 Å².